The number of hydrogen-bond acceptors (Lipinski definition) is 3. The van der Waals surface area contributed by atoms with Gasteiger partial charge in [0.15, 0.2) is 0 Å². The van der Waals surface area contributed by atoms with Crippen molar-refractivity contribution in [1.82, 2.24) is 4.90 Å². The largest absolute Gasteiger partial charge is 0.490 e. The molecule has 0 amide bonds. The number of nitrogens with one attached hydrogen (secondary N) is 2. The van der Waals surface area contributed by atoms with E-state index in [9.17, 15) is 0 Å². The molecule has 1 aromatic rings. The van der Waals surface area contributed by atoms with Crippen LogP contribution in [0.2, 0.25) is 0 Å². The molecular formula is C19H27N5O. The van der Waals surface area contributed by atoms with E-state index in [1.54, 1.807) is 6.92 Å². The molecule has 0 saturated carbocycles. The Morgan fingerprint density at radius 3 is 2.24 bits per heavy atom. The zero-order valence-electron chi connectivity index (χ0n) is 15.2. The second kappa shape index (κ2) is 8.46. The van der Waals surface area contributed by atoms with Crippen molar-refractivity contribution in [3.05, 3.63) is 41.5 Å². The number of nitrogens with zero attached hydrogens (tertiary/aromatic N) is 2. The summed E-state index contributed by atoms with van der Waals surface area (Å²) in [7, 11) is 0. The minimum Gasteiger partial charge on any atom is -0.490 e. The highest BCUT2D eigenvalue weighted by molar-refractivity contribution is 6.09. The van der Waals surface area contributed by atoms with Crippen LogP contribution in [0.1, 0.15) is 33.6 Å². The summed E-state index contributed by atoms with van der Waals surface area (Å²) in [6.45, 7) is 6.87. The molecule has 0 bridgehead atoms. The summed E-state index contributed by atoms with van der Waals surface area (Å²) in [4.78, 5) is 6.01. The monoisotopic (exact) mass is 341 g/mol. The van der Waals surface area contributed by atoms with Gasteiger partial charge >= 0.3 is 0 Å². The van der Waals surface area contributed by atoms with Gasteiger partial charge in [0.2, 0.25) is 0 Å². The average Bonchev–Trinajstić information content (AvgIpc) is 2.60. The number of piperidine rings is 1. The van der Waals surface area contributed by atoms with Crippen molar-refractivity contribution in [3.8, 4) is 5.75 Å². The molecule has 0 spiro atoms. The van der Waals surface area contributed by atoms with Gasteiger partial charge in [-0.1, -0.05) is 18.2 Å². The topological polar surface area (TPSA) is 98.5 Å². The number of ether oxygens (including phenoxy) is 1. The summed E-state index contributed by atoms with van der Waals surface area (Å²) in [5, 5.41) is 16.4. The van der Waals surface area contributed by atoms with Crippen LogP contribution in [0.25, 0.3) is 0 Å². The van der Waals surface area contributed by atoms with Gasteiger partial charge < -0.3 is 15.4 Å². The Labute approximate surface area is 149 Å². The molecule has 2 rings (SSSR count). The second-order valence-electron chi connectivity index (χ2n) is 6.32. The highest BCUT2D eigenvalue weighted by Crippen LogP contribution is 2.20. The van der Waals surface area contributed by atoms with Crippen LogP contribution in [0.3, 0.4) is 0 Å². The fraction of sp³-hybridized carbons (Fsp3) is 0.421. The highest BCUT2D eigenvalue weighted by atomic mass is 16.5. The Kier molecular flexibility index (Phi) is 6.33. The van der Waals surface area contributed by atoms with E-state index in [0.717, 1.165) is 37.3 Å². The second-order valence-corrected chi connectivity index (χ2v) is 6.32. The molecule has 0 aromatic heterocycles. The molecule has 1 saturated heterocycles. The van der Waals surface area contributed by atoms with Crippen molar-refractivity contribution < 1.29 is 4.74 Å². The van der Waals surface area contributed by atoms with Crippen LogP contribution in [0, 0.1) is 10.8 Å². The minimum atomic E-state index is 0.115. The summed E-state index contributed by atoms with van der Waals surface area (Å²) in [5.74, 6) is 1.81. The van der Waals surface area contributed by atoms with Gasteiger partial charge in [-0.2, -0.15) is 0 Å². The summed E-state index contributed by atoms with van der Waals surface area (Å²) >= 11 is 0. The van der Waals surface area contributed by atoms with Crippen molar-refractivity contribution in [2.75, 3.05) is 13.1 Å². The van der Waals surface area contributed by atoms with E-state index in [1.165, 1.54) is 0 Å². The third kappa shape index (κ3) is 5.17. The predicted molar refractivity (Wildman–Crippen MR) is 103 cm³/mol. The number of amidine groups is 3. The Bertz CT molecular complexity index is 681. The first-order valence-corrected chi connectivity index (χ1v) is 8.51. The fourth-order valence-corrected chi connectivity index (χ4v) is 2.74. The number of nitrogens with two attached hydrogens (primary N) is 1. The van der Waals surface area contributed by atoms with Crippen molar-refractivity contribution in [2.24, 2.45) is 10.7 Å². The van der Waals surface area contributed by atoms with E-state index in [1.807, 2.05) is 49.1 Å². The van der Waals surface area contributed by atoms with Crippen molar-refractivity contribution in [3.63, 3.8) is 0 Å². The van der Waals surface area contributed by atoms with Crippen LogP contribution in [0.15, 0.2) is 46.5 Å². The molecule has 6 heteroatoms. The molecule has 0 unspecified atom stereocenters. The SMILES string of the molecule is CC(N)=NC(=N)/C(C)=C(/C)C(=N)N1CCC(Oc2ccccc2)CC1. The number of para-hydroxylation sites is 1. The van der Waals surface area contributed by atoms with Gasteiger partial charge in [0.05, 0.1) is 5.84 Å². The molecule has 1 aliphatic rings. The van der Waals surface area contributed by atoms with Crippen molar-refractivity contribution in [2.45, 2.75) is 39.7 Å². The maximum Gasteiger partial charge on any atom is 0.149 e. The third-order valence-corrected chi connectivity index (χ3v) is 4.37. The Hall–Kier alpha value is -2.63. The number of hydrogen-bond donors (Lipinski definition) is 3. The first-order valence-electron chi connectivity index (χ1n) is 8.51. The van der Waals surface area contributed by atoms with Crippen LogP contribution in [0.5, 0.6) is 5.75 Å². The van der Waals surface area contributed by atoms with E-state index < -0.39 is 0 Å². The molecule has 1 aliphatic heterocycles. The van der Waals surface area contributed by atoms with Crippen LogP contribution >= 0.6 is 0 Å². The van der Waals surface area contributed by atoms with Gasteiger partial charge in [0.1, 0.15) is 23.5 Å². The molecule has 0 aliphatic carbocycles. The Morgan fingerprint density at radius 1 is 1.08 bits per heavy atom. The smallest absolute Gasteiger partial charge is 0.149 e. The van der Waals surface area contributed by atoms with Gasteiger partial charge in [-0.25, -0.2) is 4.99 Å². The normalized spacial score (nSPS) is 17.1. The molecule has 6 nitrogen and oxygen atoms in total. The number of aliphatic imine (C=N–C) groups is 1. The standard InChI is InChI=1S/C19H27N5O/c1-13(18(21)23-15(3)20)14(2)19(22)24-11-9-17(10-12-24)25-16-7-5-4-6-8-16/h4-8,17,22H,9-12H2,1-3H3,(H3,20,21,23)/b14-13-,22-19?. The highest BCUT2D eigenvalue weighted by Gasteiger charge is 2.23. The van der Waals surface area contributed by atoms with Gasteiger partial charge in [0, 0.05) is 25.9 Å². The van der Waals surface area contributed by atoms with Gasteiger partial charge in [-0.05, 0) is 44.1 Å². The quantitative estimate of drug-likeness (QED) is 0.579. The van der Waals surface area contributed by atoms with E-state index in [0.29, 0.717) is 17.2 Å². The lowest BCUT2D eigenvalue weighted by atomic mass is 10.0. The van der Waals surface area contributed by atoms with Gasteiger partial charge in [-0.15, -0.1) is 0 Å². The van der Waals surface area contributed by atoms with Crippen molar-refractivity contribution >= 4 is 17.5 Å². The molecular weight excluding hydrogens is 314 g/mol. The first kappa shape index (κ1) is 18.7. The molecule has 134 valence electrons. The summed E-state index contributed by atoms with van der Waals surface area (Å²) < 4.78 is 6.00. The summed E-state index contributed by atoms with van der Waals surface area (Å²) in [6, 6.07) is 9.85. The summed E-state index contributed by atoms with van der Waals surface area (Å²) in [6.07, 6.45) is 1.93. The zero-order valence-corrected chi connectivity index (χ0v) is 15.2. The molecule has 0 radical (unpaired) electrons. The van der Waals surface area contributed by atoms with E-state index in [-0.39, 0.29) is 11.9 Å². The number of rotatable bonds is 4. The maximum atomic E-state index is 8.43. The third-order valence-electron chi connectivity index (χ3n) is 4.37. The van der Waals surface area contributed by atoms with Crippen LogP contribution in [-0.2, 0) is 0 Å². The molecule has 1 fully saturated rings. The predicted octanol–water partition coefficient (Wildman–Crippen LogP) is 3.20. The van der Waals surface area contributed by atoms with Crippen LogP contribution in [-0.4, -0.2) is 41.6 Å². The molecule has 4 N–H and O–H groups in total. The van der Waals surface area contributed by atoms with Gasteiger partial charge in [-0.3, -0.25) is 10.8 Å². The van der Waals surface area contributed by atoms with E-state index in [2.05, 4.69) is 4.99 Å². The fourth-order valence-electron chi connectivity index (χ4n) is 2.74. The molecule has 1 aromatic carbocycles. The van der Waals surface area contributed by atoms with Crippen LogP contribution in [0.4, 0.5) is 0 Å². The summed E-state index contributed by atoms with van der Waals surface area (Å²) in [5.41, 5.74) is 6.98. The number of benzene rings is 1. The van der Waals surface area contributed by atoms with E-state index >= 15 is 0 Å². The zero-order chi connectivity index (χ0) is 18.4. The Morgan fingerprint density at radius 2 is 1.68 bits per heavy atom. The lowest BCUT2D eigenvalue weighted by Gasteiger charge is -2.34. The minimum absolute atomic E-state index is 0.115. The molecule has 0 atom stereocenters. The van der Waals surface area contributed by atoms with Gasteiger partial charge in [0.25, 0.3) is 0 Å². The van der Waals surface area contributed by atoms with Crippen LogP contribution < -0.4 is 10.5 Å². The lowest BCUT2D eigenvalue weighted by molar-refractivity contribution is 0.131. The molecule has 25 heavy (non-hydrogen) atoms. The van der Waals surface area contributed by atoms with E-state index in [4.69, 9.17) is 21.3 Å². The number of likely N-dealkylation sites (tertiary alicyclic amines) is 1. The Balaban J connectivity index is 1.94. The maximum absolute atomic E-state index is 8.43. The average molecular weight is 341 g/mol. The first-order chi connectivity index (χ1) is 11.9. The lowest BCUT2D eigenvalue weighted by Crippen LogP contribution is -2.42. The molecule has 1 heterocycles. The van der Waals surface area contributed by atoms with Crippen molar-refractivity contribution in [1.29, 1.82) is 10.8 Å².